The van der Waals surface area contributed by atoms with Crippen LogP contribution in [0, 0.1) is 33.5 Å². The van der Waals surface area contributed by atoms with Gasteiger partial charge in [0.05, 0.1) is 37.6 Å². The molecule has 0 amide bonds. The number of hydrogen-bond acceptors (Lipinski definition) is 8. The van der Waals surface area contributed by atoms with Gasteiger partial charge in [-0.1, -0.05) is 53.7 Å². The summed E-state index contributed by atoms with van der Waals surface area (Å²) in [7, 11) is 0. The monoisotopic (exact) mass is 628 g/mol. The summed E-state index contributed by atoms with van der Waals surface area (Å²) in [6.07, 6.45) is 6.79. The first-order valence-electron chi connectivity index (χ1n) is 15.9. The van der Waals surface area contributed by atoms with Gasteiger partial charge in [0.2, 0.25) is 0 Å². The molecule has 8 nitrogen and oxygen atoms in total. The van der Waals surface area contributed by atoms with Crippen molar-refractivity contribution in [2.24, 2.45) is 10.8 Å². The van der Waals surface area contributed by atoms with E-state index < -0.39 is 10.8 Å². The summed E-state index contributed by atoms with van der Waals surface area (Å²) in [5.41, 5.74) is 0.323. The van der Waals surface area contributed by atoms with Crippen LogP contribution in [-0.2, 0) is 9.59 Å². The third-order valence-electron chi connectivity index (χ3n) is 6.80. The van der Waals surface area contributed by atoms with E-state index in [0.29, 0.717) is 60.6 Å². The highest BCUT2D eigenvalue weighted by Crippen LogP contribution is 2.32. The first-order chi connectivity index (χ1) is 21.7. The van der Waals surface area contributed by atoms with Crippen LogP contribution < -0.4 is 18.9 Å². The van der Waals surface area contributed by atoms with Crippen molar-refractivity contribution < 1.29 is 28.5 Å². The van der Waals surface area contributed by atoms with E-state index in [0.717, 1.165) is 25.7 Å². The van der Waals surface area contributed by atoms with Gasteiger partial charge < -0.3 is 18.9 Å². The lowest BCUT2D eigenvalue weighted by molar-refractivity contribution is -0.122. The topological polar surface area (TPSA) is 119 Å². The first-order valence-corrected chi connectivity index (χ1v) is 15.9. The summed E-state index contributed by atoms with van der Waals surface area (Å²) < 4.78 is 23.6. The number of allylic oxidation sites excluding steroid dienone is 2. The van der Waals surface area contributed by atoms with Gasteiger partial charge in [0.1, 0.15) is 12.1 Å². The van der Waals surface area contributed by atoms with Gasteiger partial charge in [0.15, 0.2) is 34.6 Å². The van der Waals surface area contributed by atoms with Crippen molar-refractivity contribution in [2.45, 2.75) is 81.1 Å². The minimum Gasteiger partial charge on any atom is -0.490 e. The Hall–Kier alpha value is -4.56. The van der Waals surface area contributed by atoms with Gasteiger partial charge in [-0.3, -0.25) is 9.59 Å². The number of ketones is 2. The third-order valence-corrected chi connectivity index (χ3v) is 6.80. The molecule has 0 aliphatic carbocycles. The van der Waals surface area contributed by atoms with Crippen molar-refractivity contribution in [1.29, 1.82) is 10.5 Å². The van der Waals surface area contributed by atoms with Crippen molar-refractivity contribution in [3.63, 3.8) is 0 Å². The Labute approximate surface area is 274 Å². The van der Waals surface area contributed by atoms with E-state index in [9.17, 15) is 20.1 Å². The van der Waals surface area contributed by atoms with Crippen molar-refractivity contribution in [1.82, 2.24) is 0 Å². The summed E-state index contributed by atoms with van der Waals surface area (Å²) in [5.74, 6) is 1.96. The largest absolute Gasteiger partial charge is 0.490 e. The van der Waals surface area contributed by atoms with Crippen LogP contribution in [-0.4, -0.2) is 38.0 Å². The Kier molecular flexibility index (Phi) is 14.6. The maximum atomic E-state index is 12.6. The van der Waals surface area contributed by atoms with E-state index in [1.54, 1.807) is 65.8 Å². The molecule has 246 valence electrons. The highest BCUT2D eigenvalue weighted by molar-refractivity contribution is 6.06. The summed E-state index contributed by atoms with van der Waals surface area (Å²) in [6, 6.07) is 14.9. The Balaban J connectivity index is 1.90. The van der Waals surface area contributed by atoms with Gasteiger partial charge in [0.25, 0.3) is 0 Å². The molecule has 0 aliphatic rings. The summed E-state index contributed by atoms with van der Waals surface area (Å²) in [6.45, 7) is 16.5. The maximum absolute atomic E-state index is 12.6. The molecule has 0 N–H and O–H groups in total. The van der Waals surface area contributed by atoms with E-state index in [4.69, 9.17) is 18.9 Å². The lowest BCUT2D eigenvalue weighted by Crippen LogP contribution is -2.21. The molecule has 0 atom stereocenters. The normalized spacial score (nSPS) is 12.1. The fraction of sp³-hybridized carbons (Fsp3) is 0.474. The van der Waals surface area contributed by atoms with Crippen molar-refractivity contribution in [3.05, 3.63) is 58.7 Å². The average molecular weight is 629 g/mol. The third kappa shape index (κ3) is 11.7. The van der Waals surface area contributed by atoms with Crippen LogP contribution in [0.25, 0.3) is 12.2 Å². The van der Waals surface area contributed by atoms with E-state index in [1.807, 2.05) is 50.3 Å². The molecule has 0 saturated heterocycles. The Morgan fingerprint density at radius 2 is 0.978 bits per heavy atom. The SMILES string of the molecule is CCOc1cc(C=C(C#N)C(=O)C(C)(C)C)ccc1OCCCCCCOc1ccc(C=C(C#N)C(=O)C(C)(C)C)cc1OCC. The number of nitrogens with zero attached hydrogens (tertiary/aromatic N) is 2. The minimum atomic E-state index is -0.644. The highest BCUT2D eigenvalue weighted by atomic mass is 16.5. The van der Waals surface area contributed by atoms with Crippen molar-refractivity contribution >= 4 is 23.7 Å². The van der Waals surface area contributed by atoms with E-state index in [1.165, 1.54) is 0 Å². The molecule has 0 aliphatic heterocycles. The van der Waals surface area contributed by atoms with Crippen molar-refractivity contribution in [3.8, 4) is 35.1 Å². The molecule has 0 radical (unpaired) electrons. The van der Waals surface area contributed by atoms with Gasteiger partial charge >= 0.3 is 0 Å². The molecule has 46 heavy (non-hydrogen) atoms. The highest BCUT2D eigenvalue weighted by Gasteiger charge is 2.26. The van der Waals surface area contributed by atoms with Crippen LogP contribution in [0.5, 0.6) is 23.0 Å². The molecule has 8 heteroatoms. The Bertz CT molecular complexity index is 1380. The molecular formula is C38H48N2O6. The molecule has 0 bridgehead atoms. The van der Waals surface area contributed by atoms with Gasteiger partial charge in [-0.05, 0) is 87.1 Å². The van der Waals surface area contributed by atoms with Crippen LogP contribution in [0.1, 0.15) is 92.2 Å². The fourth-order valence-electron chi connectivity index (χ4n) is 4.36. The number of nitriles is 2. The van der Waals surface area contributed by atoms with Gasteiger partial charge in [-0.2, -0.15) is 10.5 Å². The first kappa shape index (κ1) is 37.6. The standard InChI is InChI=1S/C38H48N2O6/c1-9-43-33-23-27(21-29(25-39)35(41)37(3,4)5)15-17-31(33)45-19-13-11-12-14-20-46-32-18-16-28(24-34(32)44-10-2)22-30(26-40)36(42)38(6,7)8/h15-18,21-24H,9-14,19-20H2,1-8H3. The Morgan fingerprint density at radius 3 is 1.28 bits per heavy atom. The zero-order chi connectivity index (χ0) is 34.3. The van der Waals surface area contributed by atoms with Crippen LogP contribution in [0.15, 0.2) is 47.5 Å². The molecule has 2 rings (SSSR count). The number of unbranched alkanes of at least 4 members (excludes halogenated alkanes) is 3. The maximum Gasteiger partial charge on any atom is 0.178 e. The van der Waals surface area contributed by atoms with Gasteiger partial charge in [-0.25, -0.2) is 0 Å². The molecule has 0 heterocycles. The summed E-state index contributed by atoms with van der Waals surface area (Å²) in [4.78, 5) is 25.2. The number of rotatable bonds is 17. The smallest absolute Gasteiger partial charge is 0.178 e. The predicted molar refractivity (Wildman–Crippen MR) is 181 cm³/mol. The van der Waals surface area contributed by atoms with Crippen molar-refractivity contribution in [2.75, 3.05) is 26.4 Å². The average Bonchev–Trinajstić information content (AvgIpc) is 3.00. The molecule has 0 unspecified atom stereocenters. The van der Waals surface area contributed by atoms with E-state index in [2.05, 4.69) is 0 Å². The van der Waals surface area contributed by atoms with Gasteiger partial charge in [0, 0.05) is 10.8 Å². The molecule has 0 fully saturated rings. The quantitative estimate of drug-likeness (QED) is 0.0971. The fourth-order valence-corrected chi connectivity index (χ4v) is 4.36. The number of carbonyl (C=O) groups excluding carboxylic acids is 2. The molecule has 2 aromatic rings. The zero-order valence-corrected chi connectivity index (χ0v) is 28.6. The number of carbonyl (C=O) groups is 2. The lowest BCUT2D eigenvalue weighted by atomic mass is 9.86. The van der Waals surface area contributed by atoms with Crippen LogP contribution >= 0.6 is 0 Å². The predicted octanol–water partition coefficient (Wildman–Crippen LogP) is 8.55. The Morgan fingerprint density at radius 1 is 0.609 bits per heavy atom. The molecular weight excluding hydrogens is 580 g/mol. The van der Waals surface area contributed by atoms with Crippen LogP contribution in [0.2, 0.25) is 0 Å². The minimum absolute atomic E-state index is 0.106. The zero-order valence-electron chi connectivity index (χ0n) is 28.6. The summed E-state index contributed by atoms with van der Waals surface area (Å²) in [5, 5.41) is 19.0. The van der Waals surface area contributed by atoms with Crippen LogP contribution in [0.4, 0.5) is 0 Å². The second kappa shape index (κ2) is 17.8. The van der Waals surface area contributed by atoms with Gasteiger partial charge in [-0.15, -0.1) is 0 Å². The second-order valence-corrected chi connectivity index (χ2v) is 12.9. The van der Waals surface area contributed by atoms with Crippen LogP contribution in [0.3, 0.4) is 0 Å². The number of ether oxygens (including phenoxy) is 4. The lowest BCUT2D eigenvalue weighted by Gasteiger charge is -2.16. The molecule has 0 saturated carbocycles. The molecule has 2 aromatic carbocycles. The number of hydrogen-bond donors (Lipinski definition) is 0. The van der Waals surface area contributed by atoms with E-state index >= 15 is 0 Å². The number of Topliss-reactive ketones (excluding diaryl/α,β-unsaturated/α-hetero) is 2. The summed E-state index contributed by atoms with van der Waals surface area (Å²) >= 11 is 0. The van der Waals surface area contributed by atoms with E-state index in [-0.39, 0.29) is 22.7 Å². The number of benzene rings is 2. The molecule has 0 spiro atoms. The second-order valence-electron chi connectivity index (χ2n) is 12.9. The molecule has 0 aromatic heterocycles.